The van der Waals surface area contributed by atoms with Crippen LogP contribution in [-0.4, -0.2) is 21.1 Å². The Morgan fingerprint density at radius 3 is 2.63 bits per heavy atom. The molecule has 6 heteroatoms. The van der Waals surface area contributed by atoms with Gasteiger partial charge in [0.25, 0.3) is 11.1 Å². The van der Waals surface area contributed by atoms with Gasteiger partial charge in [-0.2, -0.15) is 0 Å². The number of imidazole rings is 1. The van der Waals surface area contributed by atoms with Crippen molar-refractivity contribution in [2.45, 2.75) is 0 Å². The Morgan fingerprint density at radius 2 is 1.95 bits per heavy atom. The number of aromatic amines is 1. The summed E-state index contributed by atoms with van der Waals surface area (Å²) in [6.45, 7) is 0. The molecule has 0 unspecified atom stereocenters. The minimum absolute atomic E-state index is 0.352. The third kappa shape index (κ3) is 2.43. The Hall–Kier alpha value is -2.34. The van der Waals surface area contributed by atoms with Crippen molar-refractivity contribution in [3.8, 4) is 11.4 Å². The first-order valence-corrected chi connectivity index (χ1v) is 6.40. The second-order valence-corrected chi connectivity index (χ2v) is 4.91. The molecule has 1 aromatic carbocycles. The molecule has 1 aromatic heterocycles. The zero-order valence-corrected chi connectivity index (χ0v) is 10.5. The van der Waals surface area contributed by atoms with Crippen molar-refractivity contribution in [2.24, 2.45) is 0 Å². The van der Waals surface area contributed by atoms with E-state index in [0.29, 0.717) is 10.6 Å². The van der Waals surface area contributed by atoms with Gasteiger partial charge < -0.3 is 4.98 Å². The van der Waals surface area contributed by atoms with Gasteiger partial charge >= 0.3 is 0 Å². The Balaban J connectivity index is 1.89. The van der Waals surface area contributed by atoms with Crippen LogP contribution in [0.15, 0.2) is 41.4 Å². The number of carbonyl (C=O) groups excluding carboxylic acids is 2. The van der Waals surface area contributed by atoms with Crippen LogP contribution in [0.1, 0.15) is 5.69 Å². The number of hydrogen-bond donors (Lipinski definition) is 2. The van der Waals surface area contributed by atoms with Crippen molar-refractivity contribution in [1.29, 1.82) is 0 Å². The number of imide groups is 1. The molecule has 2 aromatic rings. The lowest BCUT2D eigenvalue weighted by atomic mass is 10.2. The number of thioether (sulfide) groups is 1. The molecule has 19 heavy (non-hydrogen) atoms. The van der Waals surface area contributed by atoms with Crippen molar-refractivity contribution in [3.63, 3.8) is 0 Å². The monoisotopic (exact) mass is 271 g/mol. The van der Waals surface area contributed by atoms with Crippen LogP contribution >= 0.6 is 11.8 Å². The molecule has 0 bridgehead atoms. The van der Waals surface area contributed by atoms with Crippen molar-refractivity contribution in [2.75, 3.05) is 0 Å². The molecule has 94 valence electrons. The van der Waals surface area contributed by atoms with Crippen LogP contribution in [0.2, 0.25) is 0 Å². The number of carbonyl (C=O) groups is 2. The van der Waals surface area contributed by atoms with E-state index in [0.717, 1.165) is 23.1 Å². The van der Waals surface area contributed by atoms with Gasteiger partial charge in [-0.1, -0.05) is 30.3 Å². The van der Waals surface area contributed by atoms with Crippen LogP contribution in [0.3, 0.4) is 0 Å². The summed E-state index contributed by atoms with van der Waals surface area (Å²) in [5.74, 6) is 0.349. The Bertz CT molecular complexity index is 676. The van der Waals surface area contributed by atoms with E-state index < -0.39 is 0 Å². The molecular formula is C13H9N3O2S. The fourth-order valence-corrected chi connectivity index (χ4v) is 2.38. The molecule has 5 nitrogen and oxygen atoms in total. The van der Waals surface area contributed by atoms with E-state index in [1.165, 1.54) is 0 Å². The Morgan fingerprint density at radius 1 is 1.16 bits per heavy atom. The minimum Gasteiger partial charge on any atom is -0.344 e. The Kier molecular flexibility index (Phi) is 2.92. The van der Waals surface area contributed by atoms with E-state index in [2.05, 4.69) is 15.3 Å². The first-order valence-electron chi connectivity index (χ1n) is 5.58. The lowest BCUT2D eigenvalue weighted by molar-refractivity contribution is -0.115. The van der Waals surface area contributed by atoms with Crippen LogP contribution < -0.4 is 5.32 Å². The summed E-state index contributed by atoms with van der Waals surface area (Å²) in [4.78, 5) is 30.2. The summed E-state index contributed by atoms with van der Waals surface area (Å²) in [6, 6.07) is 9.66. The summed E-state index contributed by atoms with van der Waals surface area (Å²) >= 11 is 0.881. The molecule has 2 N–H and O–H groups in total. The third-order valence-electron chi connectivity index (χ3n) is 2.57. The average Bonchev–Trinajstić information content (AvgIpc) is 2.99. The highest BCUT2D eigenvalue weighted by atomic mass is 32.2. The highest BCUT2D eigenvalue weighted by molar-refractivity contribution is 8.18. The lowest BCUT2D eigenvalue weighted by Gasteiger charge is -1.93. The molecule has 0 saturated carbocycles. The molecule has 0 aliphatic carbocycles. The van der Waals surface area contributed by atoms with E-state index in [-0.39, 0.29) is 11.1 Å². The normalized spacial score (nSPS) is 16.9. The van der Waals surface area contributed by atoms with Gasteiger partial charge in [0.2, 0.25) is 0 Å². The second-order valence-electron chi connectivity index (χ2n) is 3.89. The summed E-state index contributed by atoms with van der Waals surface area (Å²) in [7, 11) is 0. The molecule has 1 aliphatic rings. The topological polar surface area (TPSA) is 74.8 Å². The molecular weight excluding hydrogens is 262 g/mol. The average molecular weight is 271 g/mol. The van der Waals surface area contributed by atoms with Crippen molar-refractivity contribution in [3.05, 3.63) is 47.1 Å². The quantitative estimate of drug-likeness (QED) is 0.822. The maximum Gasteiger partial charge on any atom is 0.290 e. The van der Waals surface area contributed by atoms with Gasteiger partial charge in [0.05, 0.1) is 10.6 Å². The molecule has 0 atom stereocenters. The van der Waals surface area contributed by atoms with Gasteiger partial charge in [0.15, 0.2) is 0 Å². The van der Waals surface area contributed by atoms with E-state index in [9.17, 15) is 9.59 Å². The maximum absolute atomic E-state index is 11.4. The van der Waals surface area contributed by atoms with Crippen LogP contribution in [0.5, 0.6) is 0 Å². The highest BCUT2D eigenvalue weighted by Crippen LogP contribution is 2.25. The van der Waals surface area contributed by atoms with Crippen molar-refractivity contribution in [1.82, 2.24) is 15.3 Å². The molecule has 2 amide bonds. The van der Waals surface area contributed by atoms with Gasteiger partial charge in [-0.25, -0.2) is 4.98 Å². The summed E-state index contributed by atoms with van der Waals surface area (Å²) in [5, 5.41) is 1.85. The number of benzene rings is 1. The van der Waals surface area contributed by atoms with Gasteiger partial charge in [0.1, 0.15) is 5.82 Å². The fraction of sp³-hybridized carbons (Fsp3) is 0. The van der Waals surface area contributed by atoms with Gasteiger partial charge in [-0.05, 0) is 17.8 Å². The lowest BCUT2D eigenvalue weighted by Crippen LogP contribution is -2.17. The van der Waals surface area contributed by atoms with E-state index in [4.69, 9.17) is 0 Å². The number of H-pyrrole nitrogens is 1. The minimum atomic E-state index is -0.376. The number of amides is 2. The molecule has 1 aliphatic heterocycles. The van der Waals surface area contributed by atoms with Crippen LogP contribution in [0.25, 0.3) is 17.5 Å². The van der Waals surface area contributed by atoms with Crippen LogP contribution in [-0.2, 0) is 4.79 Å². The predicted molar refractivity (Wildman–Crippen MR) is 73.1 cm³/mol. The first kappa shape index (κ1) is 11.7. The number of rotatable bonds is 2. The molecule has 2 heterocycles. The predicted octanol–water partition coefficient (Wildman–Crippen LogP) is 2.40. The number of aromatic nitrogens is 2. The Labute approximate surface area is 113 Å². The summed E-state index contributed by atoms with van der Waals surface area (Å²) in [6.07, 6.45) is 3.29. The van der Waals surface area contributed by atoms with Gasteiger partial charge in [-0.3, -0.25) is 14.9 Å². The number of nitrogens with one attached hydrogen (secondary N) is 2. The van der Waals surface area contributed by atoms with Crippen molar-refractivity contribution < 1.29 is 9.59 Å². The molecule has 1 fully saturated rings. The zero-order chi connectivity index (χ0) is 13.2. The standard InChI is InChI=1S/C13H9N3O2S/c17-12-10(19-13(18)16-12)6-9-7-14-11(15-9)8-4-2-1-3-5-8/h1-7H,(H,14,15)(H,16,17,18)/b10-6+. The van der Waals surface area contributed by atoms with E-state index >= 15 is 0 Å². The van der Waals surface area contributed by atoms with Crippen molar-refractivity contribution >= 4 is 29.0 Å². The summed E-state index contributed by atoms with van der Waals surface area (Å²) in [5.41, 5.74) is 1.58. The molecule has 3 rings (SSSR count). The van der Waals surface area contributed by atoms with Crippen LogP contribution in [0.4, 0.5) is 4.79 Å². The molecule has 0 radical (unpaired) electrons. The first-order chi connectivity index (χ1) is 9.22. The van der Waals surface area contributed by atoms with E-state index in [1.54, 1.807) is 12.3 Å². The third-order valence-corrected chi connectivity index (χ3v) is 3.38. The zero-order valence-electron chi connectivity index (χ0n) is 9.71. The van der Waals surface area contributed by atoms with E-state index in [1.807, 2.05) is 30.3 Å². The van der Waals surface area contributed by atoms with Crippen LogP contribution in [0, 0.1) is 0 Å². The molecule has 1 saturated heterocycles. The summed E-state index contributed by atoms with van der Waals surface area (Å²) < 4.78 is 0. The highest BCUT2D eigenvalue weighted by Gasteiger charge is 2.25. The number of nitrogens with zero attached hydrogens (tertiary/aromatic N) is 1. The SMILES string of the molecule is O=C1NC(=O)/C(=C\c2c[nH]c(-c3ccccc3)n2)S1. The molecule has 0 spiro atoms. The fourth-order valence-electron chi connectivity index (χ4n) is 1.71. The smallest absolute Gasteiger partial charge is 0.290 e. The maximum atomic E-state index is 11.4. The largest absolute Gasteiger partial charge is 0.344 e. The number of hydrogen-bond acceptors (Lipinski definition) is 4. The second kappa shape index (κ2) is 4.74. The van der Waals surface area contributed by atoms with Gasteiger partial charge in [-0.15, -0.1) is 0 Å². The van der Waals surface area contributed by atoms with Gasteiger partial charge in [0, 0.05) is 11.8 Å².